The first-order valence-corrected chi connectivity index (χ1v) is 2.57. The summed E-state index contributed by atoms with van der Waals surface area (Å²) in [5, 5.41) is 0. The molecule has 0 aliphatic rings. The third-order valence-electron chi connectivity index (χ3n) is 0.575. The number of ether oxygens (including phenoxy) is 2. The fourth-order valence-corrected chi connectivity index (χ4v) is 0.226. The molecular weight excluding hydrogens is 140 g/mol. The Kier molecular flexibility index (Phi) is 15.1. The Morgan fingerprint density at radius 3 is 1.62 bits per heavy atom. The van der Waals surface area contributed by atoms with Gasteiger partial charge in [0.15, 0.2) is 0 Å². The number of hydrogen-bond acceptors (Lipinski definition) is 2. The van der Waals surface area contributed by atoms with Gasteiger partial charge in [0.1, 0.15) is 6.79 Å². The van der Waals surface area contributed by atoms with Crippen LogP contribution < -0.4 is 0 Å². The maximum atomic E-state index is 4.85. The largest absolute Gasteiger partial charge is 0.356 e. The molecule has 0 aromatic rings. The van der Waals surface area contributed by atoms with Crippen molar-refractivity contribution in [1.29, 1.82) is 0 Å². The average Bonchev–Trinajstić information content (AvgIpc) is 1.69. The summed E-state index contributed by atoms with van der Waals surface area (Å²) in [5.74, 6) is 0. The van der Waals surface area contributed by atoms with Gasteiger partial charge in [-0.25, -0.2) is 0 Å². The van der Waals surface area contributed by atoms with E-state index in [1.807, 2.05) is 13.8 Å². The van der Waals surface area contributed by atoms with E-state index in [4.69, 9.17) is 9.47 Å². The Labute approximate surface area is 65.4 Å². The van der Waals surface area contributed by atoms with Crippen molar-refractivity contribution in [2.24, 2.45) is 0 Å². The summed E-state index contributed by atoms with van der Waals surface area (Å²) >= 11 is 0. The summed E-state index contributed by atoms with van der Waals surface area (Å²) in [7, 11) is 0. The molecular formula is C5H12O2Ti. The Hall–Kier alpha value is 0.634. The molecule has 0 aliphatic heterocycles. The van der Waals surface area contributed by atoms with Crippen molar-refractivity contribution < 1.29 is 31.2 Å². The molecule has 0 bridgehead atoms. The molecule has 8 heavy (non-hydrogen) atoms. The van der Waals surface area contributed by atoms with Crippen molar-refractivity contribution in [2.45, 2.75) is 13.8 Å². The van der Waals surface area contributed by atoms with E-state index in [0.29, 0.717) is 6.79 Å². The second-order valence-corrected chi connectivity index (χ2v) is 1.10. The van der Waals surface area contributed by atoms with Crippen LogP contribution in [0, 0.1) is 0 Å². The van der Waals surface area contributed by atoms with E-state index in [2.05, 4.69) is 0 Å². The van der Waals surface area contributed by atoms with Crippen molar-refractivity contribution in [3.05, 3.63) is 0 Å². The van der Waals surface area contributed by atoms with Crippen LogP contribution in [0.1, 0.15) is 13.8 Å². The first-order chi connectivity index (χ1) is 3.41. The fourth-order valence-electron chi connectivity index (χ4n) is 0.226. The van der Waals surface area contributed by atoms with Crippen LogP contribution in [-0.2, 0) is 31.2 Å². The van der Waals surface area contributed by atoms with Crippen LogP contribution in [0.15, 0.2) is 0 Å². The maximum Gasteiger partial charge on any atom is 0.146 e. The molecule has 3 heteroatoms. The van der Waals surface area contributed by atoms with E-state index in [-0.39, 0.29) is 21.7 Å². The first kappa shape index (κ1) is 11.4. The Morgan fingerprint density at radius 2 is 1.38 bits per heavy atom. The third-order valence-corrected chi connectivity index (χ3v) is 0.575. The topological polar surface area (TPSA) is 18.5 Å². The van der Waals surface area contributed by atoms with Crippen molar-refractivity contribution in [1.82, 2.24) is 0 Å². The summed E-state index contributed by atoms with van der Waals surface area (Å²) in [4.78, 5) is 0. The zero-order valence-electron chi connectivity index (χ0n) is 5.44. The molecule has 0 heterocycles. The van der Waals surface area contributed by atoms with Crippen LogP contribution in [0.3, 0.4) is 0 Å². The normalized spacial score (nSPS) is 8.25. The van der Waals surface area contributed by atoms with E-state index in [1.165, 1.54) is 0 Å². The molecule has 0 spiro atoms. The molecule has 0 saturated carbocycles. The number of rotatable bonds is 4. The van der Waals surface area contributed by atoms with Crippen molar-refractivity contribution in [3.8, 4) is 0 Å². The minimum absolute atomic E-state index is 0. The standard InChI is InChI=1S/C5H12O2.Ti/c1-3-6-5-7-4-2;/h3-5H2,1-2H3;. The quantitative estimate of drug-likeness (QED) is 0.340. The molecule has 0 amide bonds. The van der Waals surface area contributed by atoms with Gasteiger partial charge >= 0.3 is 0 Å². The summed E-state index contributed by atoms with van der Waals surface area (Å²) < 4.78 is 9.70. The van der Waals surface area contributed by atoms with Gasteiger partial charge in [0.05, 0.1) is 0 Å². The van der Waals surface area contributed by atoms with Gasteiger partial charge in [-0.2, -0.15) is 0 Å². The van der Waals surface area contributed by atoms with E-state index in [9.17, 15) is 0 Å². The molecule has 0 atom stereocenters. The molecule has 0 aliphatic carbocycles. The molecule has 0 fully saturated rings. The van der Waals surface area contributed by atoms with Gasteiger partial charge in [-0.1, -0.05) is 0 Å². The van der Waals surface area contributed by atoms with Gasteiger partial charge in [0.2, 0.25) is 0 Å². The average molecular weight is 152 g/mol. The smallest absolute Gasteiger partial charge is 0.146 e. The summed E-state index contributed by atoms with van der Waals surface area (Å²) in [5.41, 5.74) is 0. The molecule has 0 N–H and O–H groups in total. The first-order valence-electron chi connectivity index (χ1n) is 2.57. The van der Waals surface area contributed by atoms with Gasteiger partial charge in [-0.3, -0.25) is 0 Å². The molecule has 48 valence electrons. The van der Waals surface area contributed by atoms with Crippen LogP contribution >= 0.6 is 0 Å². The zero-order valence-corrected chi connectivity index (χ0v) is 7.00. The van der Waals surface area contributed by atoms with E-state index < -0.39 is 0 Å². The van der Waals surface area contributed by atoms with Crippen LogP contribution in [0.25, 0.3) is 0 Å². The molecule has 0 aromatic heterocycles. The second kappa shape index (κ2) is 10.6. The van der Waals surface area contributed by atoms with Crippen molar-refractivity contribution in [2.75, 3.05) is 20.0 Å². The van der Waals surface area contributed by atoms with Gasteiger partial charge in [-0.05, 0) is 13.8 Å². The van der Waals surface area contributed by atoms with Gasteiger partial charge in [-0.15, -0.1) is 0 Å². The molecule has 2 nitrogen and oxygen atoms in total. The molecule has 0 aromatic carbocycles. The summed E-state index contributed by atoms with van der Waals surface area (Å²) in [6.45, 7) is 5.80. The SMILES string of the molecule is CCOCOCC.[Ti]. The van der Waals surface area contributed by atoms with Crippen molar-refractivity contribution >= 4 is 0 Å². The minimum Gasteiger partial charge on any atom is -0.356 e. The summed E-state index contributed by atoms with van der Waals surface area (Å²) in [6, 6.07) is 0. The second-order valence-electron chi connectivity index (χ2n) is 1.10. The Balaban J connectivity index is 0. The third kappa shape index (κ3) is 9.81. The minimum atomic E-state index is 0. The predicted molar refractivity (Wildman–Crippen MR) is 28.1 cm³/mol. The predicted octanol–water partition coefficient (Wildman–Crippen LogP) is 1.01. The van der Waals surface area contributed by atoms with Gasteiger partial charge in [0.25, 0.3) is 0 Å². The summed E-state index contributed by atoms with van der Waals surface area (Å²) in [6.07, 6.45) is 0. The van der Waals surface area contributed by atoms with E-state index >= 15 is 0 Å². The van der Waals surface area contributed by atoms with Gasteiger partial charge in [0, 0.05) is 34.9 Å². The van der Waals surface area contributed by atoms with Crippen LogP contribution in [0.5, 0.6) is 0 Å². The molecule has 0 rings (SSSR count). The van der Waals surface area contributed by atoms with Crippen LogP contribution in [0.2, 0.25) is 0 Å². The van der Waals surface area contributed by atoms with Crippen LogP contribution in [-0.4, -0.2) is 20.0 Å². The van der Waals surface area contributed by atoms with E-state index in [1.54, 1.807) is 0 Å². The Bertz CT molecular complexity index is 29.6. The van der Waals surface area contributed by atoms with E-state index in [0.717, 1.165) is 13.2 Å². The van der Waals surface area contributed by atoms with Crippen LogP contribution in [0.4, 0.5) is 0 Å². The maximum absolute atomic E-state index is 4.85. The molecule has 0 saturated heterocycles. The monoisotopic (exact) mass is 152 g/mol. The fraction of sp³-hybridized carbons (Fsp3) is 1.00. The number of hydrogen-bond donors (Lipinski definition) is 0. The molecule has 0 radical (unpaired) electrons. The van der Waals surface area contributed by atoms with Gasteiger partial charge < -0.3 is 9.47 Å². The van der Waals surface area contributed by atoms with Crippen molar-refractivity contribution in [3.63, 3.8) is 0 Å². The molecule has 0 unspecified atom stereocenters. The zero-order chi connectivity index (χ0) is 5.54. The Morgan fingerprint density at radius 1 is 1.00 bits per heavy atom.